The number of hydrogen-bond donors (Lipinski definition) is 0. The maximum atomic E-state index is 2.29. The summed E-state index contributed by atoms with van der Waals surface area (Å²) < 4.78 is 1.12. The van der Waals surface area contributed by atoms with Crippen LogP contribution < -0.4 is 58.9 Å². The minimum Gasteiger partial charge on any atom is -1.00 e. The van der Waals surface area contributed by atoms with E-state index in [-0.39, 0.29) is 58.9 Å². The van der Waals surface area contributed by atoms with Crippen LogP contribution in [0.2, 0.25) is 0 Å². The molecule has 0 aromatic rings. The largest absolute Gasteiger partial charge is 1.00 e. The molecule has 4 heteroatoms. The van der Waals surface area contributed by atoms with Crippen molar-refractivity contribution in [3.8, 4) is 0 Å². The first kappa shape index (κ1) is 32.4. The fourth-order valence-electron chi connectivity index (χ4n) is 2.78. The minimum absolute atomic E-state index is 0. The van der Waals surface area contributed by atoms with Crippen molar-refractivity contribution in [2.24, 2.45) is 0 Å². The van der Waals surface area contributed by atoms with E-state index in [2.05, 4.69) is 28.1 Å². The average molecular weight is 423 g/mol. The van der Waals surface area contributed by atoms with E-state index in [1.807, 2.05) is 0 Å². The van der Waals surface area contributed by atoms with E-state index < -0.39 is 0 Å². The molecule has 0 atom stereocenters. The van der Waals surface area contributed by atoms with Crippen LogP contribution in [0.5, 0.6) is 0 Å². The van der Waals surface area contributed by atoms with Crippen molar-refractivity contribution in [3.05, 3.63) is 0 Å². The molecular formula is C19H42BrClNNa. The molecule has 0 heterocycles. The van der Waals surface area contributed by atoms with Gasteiger partial charge in [-0.15, -0.1) is 0 Å². The zero-order valence-electron chi connectivity index (χ0n) is 16.8. The number of nitrogens with zero attached hydrogens (tertiary/aromatic N) is 1. The number of rotatable bonds is 15. The van der Waals surface area contributed by atoms with Crippen LogP contribution in [-0.2, 0) is 0 Å². The standard InChI is InChI=1S/C19H42N.BrH.ClH.Na/c1-5-6-7-8-9-10-11-12-13-14-15-16-17-18-19-20(2,3)4;;;/h5-19H2,1-4H3;2*1H;/q+1;;;+1/p-2. The van der Waals surface area contributed by atoms with Crippen LogP contribution >= 0.6 is 0 Å². The third kappa shape index (κ3) is 31.9. The summed E-state index contributed by atoms with van der Waals surface area (Å²) in [6.07, 6.45) is 20.4. The van der Waals surface area contributed by atoms with Crippen molar-refractivity contribution in [1.82, 2.24) is 0 Å². The van der Waals surface area contributed by atoms with Gasteiger partial charge in [0.1, 0.15) is 0 Å². The molecule has 0 unspecified atom stereocenters. The Kier molecular flexibility index (Phi) is 33.4. The molecule has 0 amide bonds. The Morgan fingerprint density at radius 3 is 1.04 bits per heavy atom. The summed E-state index contributed by atoms with van der Waals surface area (Å²) >= 11 is 0. The van der Waals surface area contributed by atoms with Crippen molar-refractivity contribution in [1.29, 1.82) is 0 Å². The maximum Gasteiger partial charge on any atom is 1.00 e. The molecule has 0 saturated heterocycles. The number of hydrogen-bond acceptors (Lipinski definition) is 0. The number of halogens is 2. The smallest absolute Gasteiger partial charge is 1.00 e. The Bertz CT molecular complexity index is 198. The molecule has 0 fully saturated rings. The van der Waals surface area contributed by atoms with E-state index in [0.717, 1.165) is 4.48 Å². The second-order valence-corrected chi connectivity index (χ2v) is 7.61. The van der Waals surface area contributed by atoms with Crippen molar-refractivity contribution in [2.45, 2.75) is 96.8 Å². The van der Waals surface area contributed by atoms with Crippen LogP contribution in [0.3, 0.4) is 0 Å². The third-order valence-electron chi connectivity index (χ3n) is 4.18. The van der Waals surface area contributed by atoms with Gasteiger partial charge in [-0.25, -0.2) is 0 Å². The molecule has 0 spiro atoms. The second-order valence-electron chi connectivity index (χ2n) is 7.61. The van der Waals surface area contributed by atoms with Gasteiger partial charge >= 0.3 is 29.6 Å². The molecule has 0 aromatic heterocycles. The molecule has 23 heavy (non-hydrogen) atoms. The Hall–Kier alpha value is 1.73. The van der Waals surface area contributed by atoms with E-state index >= 15 is 0 Å². The molecule has 1 nitrogen and oxygen atoms in total. The molecule has 0 aliphatic heterocycles. The Balaban J connectivity index is -0.000000602. The zero-order valence-corrected chi connectivity index (χ0v) is 21.2. The van der Waals surface area contributed by atoms with Crippen molar-refractivity contribution in [3.63, 3.8) is 0 Å². The summed E-state index contributed by atoms with van der Waals surface area (Å²) in [5, 5.41) is 0. The predicted octanol–water partition coefficient (Wildman–Crippen LogP) is -2.81. The fraction of sp³-hybridized carbons (Fsp3) is 1.00. The van der Waals surface area contributed by atoms with Crippen LogP contribution in [-0.4, -0.2) is 32.2 Å². The van der Waals surface area contributed by atoms with E-state index in [0.29, 0.717) is 0 Å². The van der Waals surface area contributed by atoms with Gasteiger partial charge < -0.3 is 33.9 Å². The normalized spacial score (nSPS) is 10.4. The van der Waals surface area contributed by atoms with Gasteiger partial charge in [0.2, 0.25) is 0 Å². The fourth-order valence-corrected chi connectivity index (χ4v) is 2.78. The number of quaternary nitrogens is 1. The first-order valence-corrected chi connectivity index (χ1v) is 9.36. The van der Waals surface area contributed by atoms with E-state index in [9.17, 15) is 0 Å². The summed E-state index contributed by atoms with van der Waals surface area (Å²) in [5.74, 6) is 0. The van der Waals surface area contributed by atoms with Gasteiger partial charge in [-0.3, -0.25) is 0 Å². The number of unbranched alkanes of at least 4 members (excludes halogenated alkanes) is 13. The first-order chi connectivity index (χ1) is 9.56. The van der Waals surface area contributed by atoms with E-state index in [4.69, 9.17) is 0 Å². The van der Waals surface area contributed by atoms with Gasteiger partial charge in [-0.05, 0) is 12.8 Å². The van der Waals surface area contributed by atoms with Crippen LogP contribution in [0.25, 0.3) is 0 Å². The molecule has 0 aliphatic carbocycles. The Morgan fingerprint density at radius 1 is 0.522 bits per heavy atom. The molecule has 0 bridgehead atoms. The van der Waals surface area contributed by atoms with Gasteiger partial charge in [0, 0.05) is 0 Å². The zero-order chi connectivity index (χ0) is 15.1. The monoisotopic (exact) mass is 421 g/mol. The first-order valence-electron chi connectivity index (χ1n) is 9.36. The quantitative estimate of drug-likeness (QED) is 0.152. The van der Waals surface area contributed by atoms with Crippen LogP contribution in [0.15, 0.2) is 0 Å². The SMILES string of the molecule is CCCCCCCCCCCCCCCC[N+](C)(C)C.[Br-].[Cl-].[Na+]. The van der Waals surface area contributed by atoms with Crippen molar-refractivity contribution >= 4 is 0 Å². The molecule has 0 N–H and O–H groups in total. The Labute approximate surface area is 186 Å². The van der Waals surface area contributed by atoms with Crippen molar-refractivity contribution < 1.29 is 63.4 Å². The molecule has 0 rings (SSSR count). The van der Waals surface area contributed by atoms with Gasteiger partial charge in [0.25, 0.3) is 0 Å². The van der Waals surface area contributed by atoms with Gasteiger partial charge in [0.15, 0.2) is 0 Å². The molecule has 0 aromatic carbocycles. The van der Waals surface area contributed by atoms with Crippen LogP contribution in [0, 0.1) is 0 Å². The van der Waals surface area contributed by atoms with Gasteiger partial charge in [0.05, 0.1) is 27.7 Å². The summed E-state index contributed by atoms with van der Waals surface area (Å²) in [7, 11) is 6.88. The van der Waals surface area contributed by atoms with E-state index in [1.165, 1.54) is 96.4 Å². The van der Waals surface area contributed by atoms with Gasteiger partial charge in [-0.2, -0.15) is 0 Å². The predicted molar refractivity (Wildman–Crippen MR) is 93.2 cm³/mol. The minimum atomic E-state index is 0. The second kappa shape index (κ2) is 23.7. The maximum absolute atomic E-state index is 2.29. The molecular weight excluding hydrogens is 381 g/mol. The van der Waals surface area contributed by atoms with E-state index in [1.54, 1.807) is 0 Å². The Morgan fingerprint density at radius 2 is 0.783 bits per heavy atom. The molecule has 0 saturated carbocycles. The van der Waals surface area contributed by atoms with Crippen LogP contribution in [0.1, 0.15) is 96.8 Å². The molecule has 138 valence electrons. The van der Waals surface area contributed by atoms with Gasteiger partial charge in [-0.1, -0.05) is 84.0 Å². The molecule has 0 aliphatic rings. The third-order valence-corrected chi connectivity index (χ3v) is 4.18. The summed E-state index contributed by atoms with van der Waals surface area (Å²) in [5.41, 5.74) is 0. The topological polar surface area (TPSA) is 0 Å². The summed E-state index contributed by atoms with van der Waals surface area (Å²) in [6, 6.07) is 0. The van der Waals surface area contributed by atoms with Crippen molar-refractivity contribution in [2.75, 3.05) is 27.7 Å². The average Bonchev–Trinajstić information content (AvgIpc) is 2.38. The molecule has 0 radical (unpaired) electrons. The summed E-state index contributed by atoms with van der Waals surface area (Å²) in [4.78, 5) is 0. The summed E-state index contributed by atoms with van der Waals surface area (Å²) in [6.45, 7) is 3.63. The van der Waals surface area contributed by atoms with Crippen LogP contribution in [0.4, 0.5) is 0 Å².